The Morgan fingerprint density at radius 2 is 1.56 bits per heavy atom. The van der Waals surface area contributed by atoms with Crippen molar-refractivity contribution >= 4 is 22.8 Å². The Balaban J connectivity index is 1.09. The molecule has 4 aromatic rings. The maximum Gasteiger partial charge on any atom is 0.289 e. The summed E-state index contributed by atoms with van der Waals surface area (Å²) in [6, 6.07) is 26.1. The zero-order valence-corrected chi connectivity index (χ0v) is 18.8. The quantitative estimate of drug-likeness (QED) is 0.417. The van der Waals surface area contributed by atoms with Gasteiger partial charge in [-0.2, -0.15) is 0 Å². The number of fused-ring (bicyclic) bond motifs is 1. The fourth-order valence-corrected chi connectivity index (χ4v) is 4.22. The number of hydrogen-bond acceptors (Lipinski definition) is 4. The summed E-state index contributed by atoms with van der Waals surface area (Å²) < 4.78 is 11.5. The number of rotatable bonds is 6. The van der Waals surface area contributed by atoms with Crippen LogP contribution in [-0.4, -0.2) is 36.3 Å². The van der Waals surface area contributed by atoms with Gasteiger partial charge in [-0.05, 0) is 67.3 Å². The third-order valence-electron chi connectivity index (χ3n) is 6.18. The molecule has 1 aliphatic rings. The highest BCUT2D eigenvalue weighted by Crippen LogP contribution is 2.24. The van der Waals surface area contributed by atoms with Crippen LogP contribution >= 0.6 is 0 Å². The summed E-state index contributed by atoms with van der Waals surface area (Å²) in [5.41, 5.74) is 1.32. The molecule has 34 heavy (non-hydrogen) atoms. The molecule has 1 aromatic heterocycles. The Morgan fingerprint density at radius 1 is 0.882 bits per heavy atom. The van der Waals surface area contributed by atoms with Gasteiger partial charge < -0.3 is 19.4 Å². The molecule has 5 rings (SSSR count). The predicted octanol–water partition coefficient (Wildman–Crippen LogP) is 5.51. The number of carbonyl (C=O) groups excluding carboxylic acids is 2. The lowest BCUT2D eigenvalue weighted by Gasteiger charge is -2.31. The lowest BCUT2D eigenvalue weighted by atomic mass is 9.96. The molecule has 1 fully saturated rings. The second-order valence-electron chi connectivity index (χ2n) is 8.53. The highest BCUT2D eigenvalue weighted by atomic mass is 16.5. The molecule has 1 aliphatic heterocycles. The molecule has 1 saturated heterocycles. The van der Waals surface area contributed by atoms with Crippen molar-refractivity contribution in [2.75, 3.05) is 19.6 Å². The average Bonchev–Trinajstić information content (AvgIpc) is 3.33. The molecule has 0 radical (unpaired) electrons. The predicted molar refractivity (Wildman–Crippen MR) is 130 cm³/mol. The van der Waals surface area contributed by atoms with Crippen LogP contribution in [0.15, 0.2) is 89.3 Å². The van der Waals surface area contributed by atoms with Crippen molar-refractivity contribution in [1.29, 1.82) is 0 Å². The molecule has 1 N–H and O–H groups in total. The fraction of sp³-hybridized carbons (Fsp3) is 0.214. The number of furan rings is 1. The molecular formula is C28H26N2O4. The van der Waals surface area contributed by atoms with Crippen LogP contribution in [0.2, 0.25) is 0 Å². The van der Waals surface area contributed by atoms with Crippen LogP contribution in [0.3, 0.4) is 0 Å². The molecule has 0 unspecified atom stereocenters. The molecule has 0 aliphatic carbocycles. The molecule has 0 atom stereocenters. The molecule has 172 valence electrons. The maximum absolute atomic E-state index is 12.8. The number of nitrogens with zero attached hydrogens (tertiary/aromatic N) is 1. The summed E-state index contributed by atoms with van der Waals surface area (Å²) in [4.78, 5) is 27.2. The summed E-state index contributed by atoms with van der Waals surface area (Å²) >= 11 is 0. The number of ether oxygens (including phenoxy) is 1. The Bertz CT molecular complexity index is 1240. The van der Waals surface area contributed by atoms with Crippen LogP contribution in [0.1, 0.15) is 33.8 Å². The van der Waals surface area contributed by atoms with Crippen LogP contribution < -0.4 is 10.1 Å². The second kappa shape index (κ2) is 9.83. The van der Waals surface area contributed by atoms with E-state index in [9.17, 15) is 9.59 Å². The summed E-state index contributed by atoms with van der Waals surface area (Å²) in [6.07, 6.45) is 1.69. The zero-order valence-electron chi connectivity index (χ0n) is 18.8. The van der Waals surface area contributed by atoms with Crippen molar-refractivity contribution in [1.82, 2.24) is 10.2 Å². The van der Waals surface area contributed by atoms with Gasteiger partial charge in [-0.3, -0.25) is 9.59 Å². The van der Waals surface area contributed by atoms with Crippen LogP contribution in [0.4, 0.5) is 0 Å². The second-order valence-corrected chi connectivity index (χ2v) is 8.53. The standard InChI is InChI=1S/C28H26N2O4/c31-27(21-10-12-24(13-11-21)33-23-7-2-1-3-8-23)29-19-20-14-16-30(17-15-20)28(32)26-18-22-6-4-5-9-25(22)34-26/h1-13,18,20H,14-17,19H2,(H,29,31). The van der Waals surface area contributed by atoms with Gasteiger partial charge in [0.25, 0.3) is 11.8 Å². The van der Waals surface area contributed by atoms with Crippen LogP contribution in [0, 0.1) is 5.92 Å². The molecule has 3 aromatic carbocycles. The monoisotopic (exact) mass is 454 g/mol. The first-order valence-electron chi connectivity index (χ1n) is 11.5. The van der Waals surface area contributed by atoms with Crippen molar-refractivity contribution < 1.29 is 18.7 Å². The van der Waals surface area contributed by atoms with Gasteiger partial charge in [0.05, 0.1) is 0 Å². The number of carbonyl (C=O) groups is 2. The molecular weight excluding hydrogens is 428 g/mol. The molecule has 6 heteroatoms. The smallest absolute Gasteiger partial charge is 0.289 e. The van der Waals surface area contributed by atoms with Crippen molar-refractivity contribution in [3.8, 4) is 11.5 Å². The third-order valence-corrected chi connectivity index (χ3v) is 6.18. The summed E-state index contributed by atoms with van der Waals surface area (Å²) in [5.74, 6) is 1.98. The minimum atomic E-state index is -0.105. The number of hydrogen-bond donors (Lipinski definition) is 1. The Hall–Kier alpha value is -4.06. The first-order chi connectivity index (χ1) is 16.7. The van der Waals surface area contributed by atoms with Gasteiger partial charge in [0.2, 0.25) is 0 Å². The van der Waals surface area contributed by atoms with E-state index >= 15 is 0 Å². The van der Waals surface area contributed by atoms with E-state index in [0.29, 0.717) is 42.6 Å². The topological polar surface area (TPSA) is 71.8 Å². The largest absolute Gasteiger partial charge is 0.457 e. The minimum Gasteiger partial charge on any atom is -0.457 e. The highest BCUT2D eigenvalue weighted by molar-refractivity contribution is 5.96. The third kappa shape index (κ3) is 4.96. The van der Waals surface area contributed by atoms with Crippen molar-refractivity contribution in [2.45, 2.75) is 12.8 Å². The van der Waals surface area contributed by atoms with E-state index in [4.69, 9.17) is 9.15 Å². The number of amides is 2. The van der Waals surface area contributed by atoms with E-state index in [1.165, 1.54) is 0 Å². The van der Waals surface area contributed by atoms with Gasteiger partial charge in [-0.25, -0.2) is 0 Å². The summed E-state index contributed by atoms with van der Waals surface area (Å²) in [6.45, 7) is 1.90. The van der Waals surface area contributed by atoms with Crippen molar-refractivity contribution in [3.05, 3.63) is 96.3 Å². The highest BCUT2D eigenvalue weighted by Gasteiger charge is 2.26. The average molecular weight is 455 g/mol. The van der Waals surface area contributed by atoms with E-state index in [0.717, 1.165) is 29.6 Å². The summed E-state index contributed by atoms with van der Waals surface area (Å²) in [5, 5.41) is 3.96. The SMILES string of the molecule is O=C(NCC1CCN(C(=O)c2cc3ccccc3o2)CC1)c1ccc(Oc2ccccc2)cc1. The lowest BCUT2D eigenvalue weighted by molar-refractivity contribution is 0.0655. The fourth-order valence-electron chi connectivity index (χ4n) is 4.22. The molecule has 0 bridgehead atoms. The van der Waals surface area contributed by atoms with E-state index < -0.39 is 0 Å². The number of para-hydroxylation sites is 2. The van der Waals surface area contributed by atoms with Crippen LogP contribution in [-0.2, 0) is 0 Å². The van der Waals surface area contributed by atoms with Gasteiger partial charge in [-0.15, -0.1) is 0 Å². The van der Waals surface area contributed by atoms with E-state index in [2.05, 4.69) is 5.32 Å². The normalized spacial score (nSPS) is 14.2. The Morgan fingerprint density at radius 3 is 2.29 bits per heavy atom. The van der Waals surface area contributed by atoms with Gasteiger partial charge in [0, 0.05) is 30.6 Å². The number of nitrogens with one attached hydrogen (secondary N) is 1. The lowest BCUT2D eigenvalue weighted by Crippen LogP contribution is -2.41. The number of benzene rings is 3. The molecule has 6 nitrogen and oxygen atoms in total. The maximum atomic E-state index is 12.8. The molecule has 2 amide bonds. The van der Waals surface area contributed by atoms with Gasteiger partial charge in [0.15, 0.2) is 5.76 Å². The van der Waals surface area contributed by atoms with E-state index in [-0.39, 0.29) is 11.8 Å². The number of likely N-dealkylation sites (tertiary alicyclic amines) is 1. The van der Waals surface area contributed by atoms with E-state index in [1.54, 1.807) is 30.3 Å². The van der Waals surface area contributed by atoms with E-state index in [1.807, 2.05) is 59.5 Å². The zero-order chi connectivity index (χ0) is 23.3. The van der Waals surface area contributed by atoms with Crippen molar-refractivity contribution in [2.24, 2.45) is 5.92 Å². The van der Waals surface area contributed by atoms with Crippen molar-refractivity contribution in [3.63, 3.8) is 0 Å². The molecule has 0 spiro atoms. The van der Waals surface area contributed by atoms with Gasteiger partial charge in [0.1, 0.15) is 17.1 Å². The van der Waals surface area contributed by atoms with Crippen LogP contribution in [0.5, 0.6) is 11.5 Å². The van der Waals surface area contributed by atoms with Gasteiger partial charge >= 0.3 is 0 Å². The molecule has 2 heterocycles. The molecule has 0 saturated carbocycles. The summed E-state index contributed by atoms with van der Waals surface area (Å²) in [7, 11) is 0. The van der Waals surface area contributed by atoms with Gasteiger partial charge in [-0.1, -0.05) is 36.4 Å². The first kappa shape index (κ1) is 21.8. The Labute approximate surface area is 198 Å². The Kier molecular flexibility index (Phi) is 6.29. The van der Waals surface area contributed by atoms with Crippen LogP contribution in [0.25, 0.3) is 11.0 Å². The number of piperidine rings is 1. The first-order valence-corrected chi connectivity index (χ1v) is 11.5. The minimum absolute atomic E-state index is 0.0727.